The zero-order valence-corrected chi connectivity index (χ0v) is 17.5. The lowest BCUT2D eigenvalue weighted by Crippen LogP contribution is -3.18. The first kappa shape index (κ1) is 21.4. The molecule has 6 nitrogen and oxygen atoms in total. The molecule has 0 aromatic heterocycles. The van der Waals surface area contributed by atoms with Crippen LogP contribution in [0.25, 0.3) is 0 Å². The van der Waals surface area contributed by atoms with E-state index in [1.807, 2.05) is 46.8 Å². The van der Waals surface area contributed by atoms with Gasteiger partial charge in [-0.25, -0.2) is 0 Å². The Morgan fingerprint density at radius 3 is 2.15 bits per heavy atom. The van der Waals surface area contributed by atoms with E-state index < -0.39 is 0 Å². The summed E-state index contributed by atoms with van der Waals surface area (Å²) >= 11 is 0. The Hall–Kier alpha value is -1.92. The average Bonchev–Trinajstić information content (AvgIpc) is 2.74. The monoisotopic (exact) mass is 376 g/mol. The normalized spacial score (nSPS) is 20.6. The van der Waals surface area contributed by atoms with Crippen LogP contribution < -0.4 is 20.4 Å². The van der Waals surface area contributed by atoms with Gasteiger partial charge in [0.1, 0.15) is 13.1 Å². The molecule has 0 spiro atoms. The van der Waals surface area contributed by atoms with E-state index in [1.54, 1.807) is 0 Å². The third-order valence-corrected chi connectivity index (χ3v) is 4.90. The highest BCUT2D eigenvalue weighted by Crippen LogP contribution is 2.15. The fraction of sp³-hybridized carbons (Fsp3) is 0.619. The second-order valence-electron chi connectivity index (χ2n) is 8.87. The molecule has 1 aliphatic rings. The van der Waals surface area contributed by atoms with Crippen LogP contribution in [0.4, 0.5) is 5.69 Å². The zero-order valence-electron chi connectivity index (χ0n) is 17.5. The van der Waals surface area contributed by atoms with Crippen molar-refractivity contribution >= 4 is 17.5 Å². The van der Waals surface area contributed by atoms with Gasteiger partial charge in [0.15, 0.2) is 13.1 Å². The molecule has 2 unspecified atom stereocenters. The van der Waals surface area contributed by atoms with Crippen molar-refractivity contribution in [2.75, 3.05) is 44.6 Å². The molecule has 1 fully saturated rings. The van der Waals surface area contributed by atoms with Crippen molar-refractivity contribution in [2.45, 2.75) is 46.6 Å². The summed E-state index contributed by atoms with van der Waals surface area (Å²) < 4.78 is 0. The lowest BCUT2D eigenvalue weighted by atomic mass is 10.1. The number of carbonyl (C=O) groups excluding carboxylic acids is 2. The lowest BCUT2D eigenvalue weighted by molar-refractivity contribution is -0.930. The van der Waals surface area contributed by atoms with Gasteiger partial charge in [0.25, 0.3) is 11.8 Å². The summed E-state index contributed by atoms with van der Waals surface area (Å²) in [5, 5.41) is 6.09. The fourth-order valence-corrected chi connectivity index (χ4v) is 3.53. The highest BCUT2D eigenvalue weighted by Gasteiger charge is 2.25. The van der Waals surface area contributed by atoms with Crippen LogP contribution in [0.3, 0.4) is 0 Å². The molecule has 1 aromatic rings. The van der Waals surface area contributed by atoms with Crippen molar-refractivity contribution in [2.24, 2.45) is 0 Å². The summed E-state index contributed by atoms with van der Waals surface area (Å²) in [5.41, 5.74) is 2.94. The SMILES string of the molecule is Cc1ccc(C)c(NC(=O)C[NH+]2CCC[NH+](CC(=O)NC(C)(C)C)CC2)c1. The Labute approximate surface area is 163 Å². The number of aryl methyl sites for hydroxylation is 2. The van der Waals surface area contributed by atoms with Gasteiger partial charge in [0.05, 0.1) is 13.1 Å². The smallest absolute Gasteiger partial charge is 0.279 e. The van der Waals surface area contributed by atoms with Gasteiger partial charge in [-0.1, -0.05) is 12.1 Å². The number of nitrogens with one attached hydrogen (secondary N) is 4. The summed E-state index contributed by atoms with van der Waals surface area (Å²) in [6, 6.07) is 6.11. The van der Waals surface area contributed by atoms with Gasteiger partial charge in [-0.2, -0.15) is 0 Å². The molecule has 150 valence electrons. The molecule has 1 aromatic carbocycles. The van der Waals surface area contributed by atoms with Crippen LogP contribution >= 0.6 is 0 Å². The minimum atomic E-state index is -0.189. The maximum Gasteiger partial charge on any atom is 0.279 e. The summed E-state index contributed by atoms with van der Waals surface area (Å²) in [7, 11) is 0. The highest BCUT2D eigenvalue weighted by atomic mass is 16.2. The maximum atomic E-state index is 12.5. The minimum Gasteiger partial charge on any atom is -0.347 e. The molecule has 2 amide bonds. The molecule has 6 heteroatoms. The van der Waals surface area contributed by atoms with E-state index in [1.165, 1.54) is 9.80 Å². The first-order chi connectivity index (χ1) is 12.6. The largest absolute Gasteiger partial charge is 0.347 e. The van der Waals surface area contributed by atoms with Crippen LogP contribution in [-0.4, -0.2) is 56.6 Å². The number of anilines is 1. The predicted octanol–water partition coefficient (Wildman–Crippen LogP) is -0.670. The minimum absolute atomic E-state index is 0.0626. The van der Waals surface area contributed by atoms with Gasteiger partial charge in [-0.3, -0.25) is 9.59 Å². The Morgan fingerprint density at radius 1 is 0.963 bits per heavy atom. The third kappa shape index (κ3) is 7.69. The summed E-state index contributed by atoms with van der Waals surface area (Å²) in [5.74, 6) is 0.168. The van der Waals surface area contributed by atoms with E-state index in [4.69, 9.17) is 0 Å². The van der Waals surface area contributed by atoms with E-state index in [0.29, 0.717) is 13.1 Å². The number of hydrogen-bond donors (Lipinski definition) is 4. The van der Waals surface area contributed by atoms with Crippen LogP contribution in [0.5, 0.6) is 0 Å². The molecular formula is C21H36N4O2+2. The molecule has 4 N–H and O–H groups in total. The second-order valence-corrected chi connectivity index (χ2v) is 8.87. The lowest BCUT2D eigenvalue weighted by Gasteiger charge is -2.22. The highest BCUT2D eigenvalue weighted by molar-refractivity contribution is 5.92. The topological polar surface area (TPSA) is 67.1 Å². The molecule has 2 atom stereocenters. The van der Waals surface area contributed by atoms with Crippen molar-refractivity contribution in [3.05, 3.63) is 29.3 Å². The van der Waals surface area contributed by atoms with Crippen LogP contribution in [0, 0.1) is 13.8 Å². The van der Waals surface area contributed by atoms with E-state index >= 15 is 0 Å². The van der Waals surface area contributed by atoms with E-state index in [0.717, 1.165) is 49.4 Å². The Kier molecular flexibility index (Phi) is 7.39. The molecule has 1 heterocycles. The molecule has 0 bridgehead atoms. The van der Waals surface area contributed by atoms with E-state index in [2.05, 4.69) is 16.7 Å². The molecular weight excluding hydrogens is 340 g/mol. The first-order valence-electron chi connectivity index (χ1n) is 9.97. The molecule has 2 rings (SSSR count). The van der Waals surface area contributed by atoms with E-state index in [9.17, 15) is 9.59 Å². The van der Waals surface area contributed by atoms with Crippen LogP contribution in [0.15, 0.2) is 18.2 Å². The number of amides is 2. The fourth-order valence-electron chi connectivity index (χ4n) is 3.53. The molecule has 1 aliphatic heterocycles. The van der Waals surface area contributed by atoms with Crippen molar-refractivity contribution in [3.8, 4) is 0 Å². The third-order valence-electron chi connectivity index (χ3n) is 4.90. The molecule has 0 saturated carbocycles. The zero-order chi connectivity index (χ0) is 20.0. The maximum absolute atomic E-state index is 12.5. The standard InChI is InChI=1S/C21H34N4O2/c1-16-7-8-17(2)18(13-16)22-19(26)14-24-9-6-10-25(12-11-24)15-20(27)23-21(3,4)5/h7-8,13H,6,9-12,14-15H2,1-5H3,(H,22,26)(H,23,27)/p+2. The molecule has 1 saturated heterocycles. The second kappa shape index (κ2) is 9.33. The van der Waals surface area contributed by atoms with Gasteiger partial charge in [0, 0.05) is 17.6 Å². The van der Waals surface area contributed by atoms with Gasteiger partial charge in [-0.15, -0.1) is 0 Å². The predicted molar refractivity (Wildman–Crippen MR) is 108 cm³/mol. The van der Waals surface area contributed by atoms with Crippen molar-refractivity contribution in [1.29, 1.82) is 0 Å². The molecule has 27 heavy (non-hydrogen) atoms. The van der Waals surface area contributed by atoms with Crippen molar-refractivity contribution < 1.29 is 19.4 Å². The average molecular weight is 377 g/mol. The van der Waals surface area contributed by atoms with Gasteiger partial charge in [0.2, 0.25) is 0 Å². The van der Waals surface area contributed by atoms with Gasteiger partial charge < -0.3 is 20.4 Å². The van der Waals surface area contributed by atoms with Gasteiger partial charge in [-0.05, 0) is 51.8 Å². The Morgan fingerprint density at radius 2 is 1.56 bits per heavy atom. The number of hydrogen-bond acceptors (Lipinski definition) is 2. The number of benzene rings is 1. The van der Waals surface area contributed by atoms with Gasteiger partial charge >= 0.3 is 0 Å². The first-order valence-corrected chi connectivity index (χ1v) is 9.97. The summed E-state index contributed by atoms with van der Waals surface area (Å²) in [4.78, 5) is 27.2. The van der Waals surface area contributed by atoms with Crippen molar-refractivity contribution in [1.82, 2.24) is 5.32 Å². The summed E-state index contributed by atoms with van der Waals surface area (Å²) in [6.07, 6.45) is 1.03. The van der Waals surface area contributed by atoms with Crippen LogP contribution in [0.1, 0.15) is 38.3 Å². The van der Waals surface area contributed by atoms with Crippen LogP contribution in [-0.2, 0) is 9.59 Å². The van der Waals surface area contributed by atoms with Crippen molar-refractivity contribution in [3.63, 3.8) is 0 Å². The number of quaternary nitrogens is 2. The number of rotatable bonds is 5. The Balaban J connectivity index is 1.81. The summed E-state index contributed by atoms with van der Waals surface area (Å²) in [6.45, 7) is 14.8. The molecule has 0 aliphatic carbocycles. The van der Waals surface area contributed by atoms with Crippen LogP contribution in [0.2, 0.25) is 0 Å². The quantitative estimate of drug-likeness (QED) is 0.551. The Bertz CT molecular complexity index is 667. The molecule has 0 radical (unpaired) electrons. The van der Waals surface area contributed by atoms with E-state index in [-0.39, 0.29) is 17.4 Å². The number of carbonyl (C=O) groups is 2.